The van der Waals surface area contributed by atoms with Crippen LogP contribution in [0.25, 0.3) is 6.08 Å². The third-order valence-corrected chi connectivity index (χ3v) is 4.39. The number of allylic oxidation sites excluding steroid dienone is 1. The monoisotopic (exact) mass is 358 g/mol. The van der Waals surface area contributed by atoms with Crippen molar-refractivity contribution in [1.82, 2.24) is 0 Å². The molecule has 0 atom stereocenters. The lowest BCUT2D eigenvalue weighted by atomic mass is 9.97. The molecule has 0 unspecified atom stereocenters. The van der Waals surface area contributed by atoms with Crippen molar-refractivity contribution in [3.8, 4) is 5.75 Å². The second kappa shape index (κ2) is 6.44. The minimum absolute atomic E-state index is 0.0771. The number of benzene rings is 1. The second-order valence-electron chi connectivity index (χ2n) is 4.68. The minimum Gasteiger partial charge on any atom is -0.435 e. The van der Waals surface area contributed by atoms with Crippen molar-refractivity contribution < 1.29 is 39.3 Å². The Bertz CT molecular complexity index is 710. The molecule has 2 rings (SSSR count). The first-order valence-corrected chi connectivity index (χ1v) is 7.72. The van der Waals surface area contributed by atoms with Gasteiger partial charge in [-0.05, 0) is 42.2 Å². The van der Waals surface area contributed by atoms with Crippen LogP contribution in [-0.2, 0) is 20.7 Å². The van der Waals surface area contributed by atoms with E-state index in [0.717, 1.165) is 6.08 Å². The van der Waals surface area contributed by atoms with Crippen LogP contribution in [0.2, 0.25) is 0 Å². The maximum atomic E-state index is 12.1. The summed E-state index contributed by atoms with van der Waals surface area (Å²) >= 11 is 0. The molecule has 0 radical (unpaired) electrons. The number of rotatable bonds is 5. The van der Waals surface area contributed by atoms with Crippen LogP contribution >= 0.6 is 0 Å². The van der Waals surface area contributed by atoms with Gasteiger partial charge in [0.25, 0.3) is 10.1 Å². The van der Waals surface area contributed by atoms with Crippen molar-refractivity contribution in [2.75, 3.05) is 6.61 Å². The molecule has 4 nitrogen and oxygen atoms in total. The Morgan fingerprint density at radius 1 is 1.17 bits per heavy atom. The van der Waals surface area contributed by atoms with Crippen LogP contribution in [0.1, 0.15) is 17.5 Å². The van der Waals surface area contributed by atoms with Crippen molar-refractivity contribution in [3.05, 3.63) is 34.2 Å². The van der Waals surface area contributed by atoms with Gasteiger partial charge in [-0.2, -0.15) is 30.4 Å². The highest BCUT2D eigenvalue weighted by atomic mass is 32.2. The van der Waals surface area contributed by atoms with E-state index in [9.17, 15) is 30.4 Å². The number of ether oxygens (including phenoxy) is 1. The molecule has 0 saturated carbocycles. The second-order valence-corrected chi connectivity index (χ2v) is 6.35. The fourth-order valence-corrected chi connectivity index (χ4v) is 3.10. The van der Waals surface area contributed by atoms with Gasteiger partial charge in [0.15, 0.2) is 6.61 Å². The number of hydrogen-bond acceptors (Lipinski definition) is 4. The zero-order valence-electron chi connectivity index (χ0n) is 11.4. The Hall–Kier alpha value is -1.68. The molecule has 0 aromatic heterocycles. The normalized spacial score (nSPS) is 15.3. The van der Waals surface area contributed by atoms with Crippen LogP contribution in [0.3, 0.4) is 0 Å². The zero-order valence-corrected chi connectivity index (χ0v) is 12.3. The molecule has 0 fully saturated rings. The van der Waals surface area contributed by atoms with Crippen LogP contribution in [0.4, 0.5) is 22.0 Å². The standard InChI is InChI=1S/C13H11F5O4S/c14-12(15)22-10-3-1-9-6-11(4-2-8(9)5-10)23(19,20)21-7-13(16,17)18/h1,3,5-6,12H,2,4,7H2. The van der Waals surface area contributed by atoms with Gasteiger partial charge in [0, 0.05) is 0 Å². The number of alkyl halides is 5. The summed E-state index contributed by atoms with van der Waals surface area (Å²) in [6.45, 7) is -4.89. The summed E-state index contributed by atoms with van der Waals surface area (Å²) in [5, 5.41) is 0. The van der Waals surface area contributed by atoms with Crippen molar-refractivity contribution in [2.24, 2.45) is 0 Å². The number of halogens is 5. The summed E-state index contributed by atoms with van der Waals surface area (Å²) < 4.78 is 92.1. The molecule has 0 spiro atoms. The number of hydrogen-bond donors (Lipinski definition) is 0. The molecule has 0 amide bonds. The molecular weight excluding hydrogens is 347 g/mol. The molecule has 10 heteroatoms. The SMILES string of the molecule is O=S(=O)(OCC(F)(F)F)C1=Cc2ccc(OC(F)F)cc2CC1. The predicted molar refractivity (Wildman–Crippen MR) is 70.3 cm³/mol. The Balaban J connectivity index is 2.20. The van der Waals surface area contributed by atoms with Gasteiger partial charge in [-0.25, -0.2) is 0 Å². The lowest BCUT2D eigenvalue weighted by Gasteiger charge is -2.18. The smallest absolute Gasteiger partial charge is 0.413 e. The highest BCUT2D eigenvalue weighted by Gasteiger charge is 2.33. The van der Waals surface area contributed by atoms with Gasteiger partial charge in [0.1, 0.15) is 5.75 Å². The van der Waals surface area contributed by atoms with Gasteiger partial charge in [-0.15, -0.1) is 0 Å². The Labute approximate surface area is 128 Å². The number of fused-ring (bicyclic) bond motifs is 1. The Morgan fingerprint density at radius 2 is 1.87 bits per heavy atom. The lowest BCUT2D eigenvalue weighted by molar-refractivity contribution is -0.152. The molecule has 0 N–H and O–H groups in total. The van der Waals surface area contributed by atoms with Gasteiger partial charge < -0.3 is 4.74 Å². The molecule has 23 heavy (non-hydrogen) atoms. The van der Waals surface area contributed by atoms with Gasteiger partial charge in [0.2, 0.25) is 0 Å². The van der Waals surface area contributed by atoms with Crippen LogP contribution < -0.4 is 4.74 Å². The fraction of sp³-hybridized carbons (Fsp3) is 0.385. The van der Waals surface area contributed by atoms with E-state index in [-0.39, 0.29) is 23.5 Å². The summed E-state index contributed by atoms with van der Waals surface area (Å²) in [4.78, 5) is -0.295. The summed E-state index contributed by atoms with van der Waals surface area (Å²) in [6.07, 6.45) is -3.54. The molecule has 1 aliphatic rings. The topological polar surface area (TPSA) is 52.6 Å². The van der Waals surface area contributed by atoms with Gasteiger partial charge in [-0.1, -0.05) is 6.07 Å². The molecule has 0 aliphatic heterocycles. The van der Waals surface area contributed by atoms with Crippen LogP contribution in [-0.4, -0.2) is 27.8 Å². The first kappa shape index (κ1) is 17.7. The molecule has 0 saturated heterocycles. The molecule has 128 valence electrons. The van der Waals surface area contributed by atoms with Crippen LogP contribution in [0.5, 0.6) is 5.75 Å². The zero-order chi connectivity index (χ0) is 17.3. The van der Waals surface area contributed by atoms with Crippen LogP contribution in [0.15, 0.2) is 23.1 Å². The highest BCUT2D eigenvalue weighted by Crippen LogP contribution is 2.31. The number of aryl methyl sites for hydroxylation is 1. The molecular formula is C13H11F5O4S. The fourth-order valence-electron chi connectivity index (χ4n) is 2.04. The van der Waals surface area contributed by atoms with Gasteiger partial charge in [-0.3, -0.25) is 4.18 Å². The summed E-state index contributed by atoms with van der Waals surface area (Å²) in [7, 11) is -4.50. The summed E-state index contributed by atoms with van der Waals surface area (Å²) in [5.41, 5.74) is 0.949. The predicted octanol–water partition coefficient (Wildman–Crippen LogP) is 3.48. The van der Waals surface area contributed by atoms with E-state index >= 15 is 0 Å². The van der Waals surface area contributed by atoms with Crippen molar-refractivity contribution >= 4 is 16.2 Å². The average molecular weight is 358 g/mol. The van der Waals surface area contributed by atoms with E-state index in [1.807, 2.05) is 0 Å². The maximum Gasteiger partial charge on any atom is 0.413 e. The van der Waals surface area contributed by atoms with E-state index in [1.54, 1.807) is 0 Å². The molecule has 0 bridgehead atoms. The first-order valence-electron chi connectivity index (χ1n) is 6.31. The van der Waals surface area contributed by atoms with E-state index in [0.29, 0.717) is 11.1 Å². The largest absolute Gasteiger partial charge is 0.435 e. The van der Waals surface area contributed by atoms with Crippen LogP contribution in [0, 0.1) is 0 Å². The van der Waals surface area contributed by atoms with E-state index in [1.165, 1.54) is 18.2 Å². The third kappa shape index (κ3) is 4.90. The third-order valence-electron chi connectivity index (χ3n) is 3.00. The summed E-state index contributed by atoms with van der Waals surface area (Å²) in [5.74, 6) is -0.0771. The van der Waals surface area contributed by atoms with Gasteiger partial charge >= 0.3 is 12.8 Å². The molecule has 1 aliphatic carbocycles. The van der Waals surface area contributed by atoms with Crippen molar-refractivity contribution in [1.29, 1.82) is 0 Å². The van der Waals surface area contributed by atoms with Crippen molar-refractivity contribution in [3.63, 3.8) is 0 Å². The minimum atomic E-state index is -4.76. The average Bonchev–Trinajstić information content (AvgIpc) is 2.43. The van der Waals surface area contributed by atoms with E-state index in [2.05, 4.69) is 8.92 Å². The van der Waals surface area contributed by atoms with E-state index in [4.69, 9.17) is 0 Å². The molecule has 1 aromatic rings. The summed E-state index contributed by atoms with van der Waals surface area (Å²) in [6, 6.07) is 3.90. The molecule has 1 aromatic carbocycles. The molecule has 0 heterocycles. The van der Waals surface area contributed by atoms with Crippen molar-refractivity contribution in [2.45, 2.75) is 25.6 Å². The maximum absolute atomic E-state index is 12.1. The Kier molecular flexibility index (Phi) is 4.95. The first-order chi connectivity index (χ1) is 10.6. The van der Waals surface area contributed by atoms with E-state index < -0.39 is 29.5 Å². The highest BCUT2D eigenvalue weighted by molar-refractivity contribution is 7.90. The van der Waals surface area contributed by atoms with Gasteiger partial charge in [0.05, 0.1) is 4.91 Å². The Morgan fingerprint density at radius 3 is 2.48 bits per heavy atom. The lowest BCUT2D eigenvalue weighted by Crippen LogP contribution is -2.22. The quantitative estimate of drug-likeness (QED) is 0.597.